The van der Waals surface area contributed by atoms with E-state index in [1.807, 2.05) is 212 Å². The highest BCUT2D eigenvalue weighted by Crippen LogP contribution is 2.31. The minimum Gasteiger partial charge on any atom is -0.489 e. The molecule has 620 valence electrons. The molecule has 0 radical (unpaired) electrons. The molecule has 0 saturated carbocycles. The Kier molecular flexibility index (Phi) is 28.6. The van der Waals surface area contributed by atoms with Crippen molar-refractivity contribution in [1.29, 1.82) is 0 Å². The number of nitrogens with one attached hydrogen (secondary N) is 2. The molecular weight excluding hydrogens is 1600 g/mol. The van der Waals surface area contributed by atoms with Crippen LogP contribution in [0.2, 0.25) is 5.02 Å². The maximum atomic E-state index is 11.1. The SMILES string of the molecule is C(=C/c1cccc(-c2ncn[nH]2)c1)/c1ccc(/C=C/c2ccc3ccccc3n2)cc1.C(=C\c1cccc(-c2ncn[nH]2)c1)/c1ccc(/C=C/c2ccc3ccccc3n2)cc1.CC(Oc1ccc(Cl)cc1COc1cccc(OCc2ccc3ccccc3n2)c1)C(=O)O.O=C(O)COc1ccccc1COc1cccc(OCc2ccc3ccccc3n2)c1. The summed E-state index contributed by atoms with van der Waals surface area (Å²) in [5.74, 6) is 2.90. The van der Waals surface area contributed by atoms with E-state index in [0.29, 0.717) is 58.3 Å². The Labute approximate surface area is 731 Å². The summed E-state index contributed by atoms with van der Waals surface area (Å²) in [5.41, 5.74) is 17.7. The quantitative estimate of drug-likeness (QED) is 0.0332. The van der Waals surface area contributed by atoms with Gasteiger partial charge >= 0.3 is 11.9 Å². The summed E-state index contributed by atoms with van der Waals surface area (Å²) >= 11 is 6.11. The highest BCUT2D eigenvalue weighted by atomic mass is 35.5. The Morgan fingerprint density at radius 3 is 1.17 bits per heavy atom. The summed E-state index contributed by atoms with van der Waals surface area (Å²) in [7, 11) is 0. The van der Waals surface area contributed by atoms with Gasteiger partial charge in [-0.2, -0.15) is 10.2 Å². The average Bonchev–Trinajstić information content (AvgIpc) is 1.21. The maximum absolute atomic E-state index is 11.1. The minimum atomic E-state index is -1.05. The summed E-state index contributed by atoms with van der Waals surface area (Å²) < 4.78 is 34.4. The molecule has 0 aliphatic carbocycles. The van der Waals surface area contributed by atoms with E-state index in [1.54, 1.807) is 36.4 Å². The molecule has 126 heavy (non-hydrogen) atoms. The molecule has 0 saturated heterocycles. The molecule has 0 spiro atoms. The number of carbonyl (C=O) groups is 2. The lowest BCUT2D eigenvalue weighted by Crippen LogP contribution is -2.23. The molecule has 0 bridgehead atoms. The zero-order valence-corrected chi connectivity index (χ0v) is 69.0. The Hall–Kier alpha value is -16.5. The van der Waals surface area contributed by atoms with Gasteiger partial charge in [-0.25, -0.2) is 39.5 Å². The number of para-hydroxylation sites is 5. The fourth-order valence-corrected chi connectivity index (χ4v) is 13.2. The van der Waals surface area contributed by atoms with Crippen LogP contribution in [-0.2, 0) is 36.0 Å². The van der Waals surface area contributed by atoms with Crippen LogP contribution in [0.1, 0.15) is 74.2 Å². The minimum absolute atomic E-state index is 0.151. The predicted molar refractivity (Wildman–Crippen MR) is 498 cm³/mol. The van der Waals surface area contributed by atoms with Gasteiger partial charge in [-0.05, 0) is 162 Å². The Morgan fingerprint density at radius 2 is 0.738 bits per heavy atom. The van der Waals surface area contributed by atoms with Crippen molar-refractivity contribution >= 4 is 116 Å². The standard InChI is InChI=1S/2C27H20N4.C26H22ClNO5.C25H21NO5/c2*1-2-7-26-23(5-1)15-17-25(30-26)16-14-21-10-8-20(9-11-21)12-13-22-4-3-6-24(18-22)27-28-19-29-31-27;1-17(26(29)30)33-25-12-10-20(27)13-19(25)15-31-22-6-4-7-23(14-22)32-16-21-11-9-18-5-2-3-8-24(18)28-21;27-25(28)17-31-24-11-4-2-7-19(24)15-29-21-8-5-9-22(14-21)30-16-20-13-12-18-6-1-3-10-23(18)26-20/h2*1-19H,(H,28,29,31);2-14,17H,15-16H2,1H3,(H,29,30);1-14H,15-17H2,(H,27,28)/b13-12+,16-14+;13-12-,16-14+;;. The highest BCUT2D eigenvalue weighted by Gasteiger charge is 2.17. The first-order valence-corrected chi connectivity index (χ1v) is 40.8. The van der Waals surface area contributed by atoms with Crippen molar-refractivity contribution in [2.75, 3.05) is 6.61 Å². The number of aromatic nitrogens is 10. The van der Waals surface area contributed by atoms with Crippen LogP contribution in [0.5, 0.6) is 34.5 Å². The Morgan fingerprint density at radius 1 is 0.349 bits per heavy atom. The van der Waals surface area contributed by atoms with Gasteiger partial charge in [-0.3, -0.25) is 10.2 Å². The molecule has 21 heteroatoms. The van der Waals surface area contributed by atoms with Gasteiger partial charge < -0.3 is 38.6 Å². The molecule has 0 fully saturated rings. The topological polar surface area (TPSA) is 265 Å². The zero-order valence-electron chi connectivity index (χ0n) is 68.3. The summed E-state index contributed by atoms with van der Waals surface area (Å²) in [6.45, 7) is 2.13. The third-order valence-electron chi connectivity index (χ3n) is 19.6. The highest BCUT2D eigenvalue weighted by molar-refractivity contribution is 6.30. The number of ether oxygens (including phenoxy) is 6. The average molecular weight is 1680 g/mol. The molecule has 18 aromatic rings. The van der Waals surface area contributed by atoms with E-state index >= 15 is 0 Å². The lowest BCUT2D eigenvalue weighted by atomic mass is 10.1. The summed E-state index contributed by atoms with van der Waals surface area (Å²) in [6, 6.07) is 109. The van der Waals surface area contributed by atoms with Crippen molar-refractivity contribution in [2.24, 2.45) is 0 Å². The number of benzene rings is 12. The first kappa shape index (κ1) is 84.6. The molecule has 18 rings (SSSR count). The summed E-state index contributed by atoms with van der Waals surface area (Å²) in [5, 5.41) is 36.5. The van der Waals surface area contributed by atoms with Crippen LogP contribution in [-0.4, -0.2) is 85.2 Å². The lowest BCUT2D eigenvalue weighted by Gasteiger charge is -2.16. The van der Waals surface area contributed by atoms with Gasteiger partial charge in [0.2, 0.25) is 0 Å². The zero-order chi connectivity index (χ0) is 86.4. The van der Waals surface area contributed by atoms with Crippen molar-refractivity contribution in [3.63, 3.8) is 0 Å². The van der Waals surface area contributed by atoms with Crippen LogP contribution in [0.25, 0.3) is 115 Å². The van der Waals surface area contributed by atoms with Gasteiger partial charge in [0.05, 0.1) is 44.8 Å². The molecule has 0 amide bonds. The number of aromatic amines is 2. The van der Waals surface area contributed by atoms with Gasteiger partial charge in [0, 0.05) is 61.0 Å². The Bertz CT molecular complexity index is 6630. The fraction of sp³-hybridized carbons (Fsp3) is 0.0667. The summed E-state index contributed by atoms with van der Waals surface area (Å²) in [4.78, 5) is 48.9. The molecule has 12 aromatic carbocycles. The number of carboxylic acid groups (broad SMARTS) is 2. The van der Waals surface area contributed by atoms with Crippen LogP contribution in [0.15, 0.2) is 346 Å². The van der Waals surface area contributed by atoms with E-state index < -0.39 is 24.6 Å². The first-order chi connectivity index (χ1) is 61.8. The van der Waals surface area contributed by atoms with E-state index in [2.05, 4.69) is 184 Å². The number of H-pyrrole nitrogens is 2. The second kappa shape index (κ2) is 42.7. The van der Waals surface area contributed by atoms with Crippen LogP contribution in [0.4, 0.5) is 0 Å². The van der Waals surface area contributed by atoms with Crippen LogP contribution in [0, 0.1) is 0 Å². The van der Waals surface area contributed by atoms with Gasteiger partial charge in [-0.15, -0.1) is 0 Å². The number of carboxylic acids is 2. The van der Waals surface area contributed by atoms with Gasteiger partial charge in [0.1, 0.15) is 73.6 Å². The van der Waals surface area contributed by atoms with Crippen molar-refractivity contribution in [3.8, 4) is 57.3 Å². The normalized spacial score (nSPS) is 11.4. The molecule has 0 aliphatic rings. The monoisotopic (exact) mass is 1680 g/mol. The molecule has 1 unspecified atom stereocenters. The smallest absolute Gasteiger partial charge is 0.344 e. The molecular formula is C105H83ClN10O10. The first-order valence-electron chi connectivity index (χ1n) is 40.4. The molecule has 1 atom stereocenters. The van der Waals surface area contributed by atoms with Gasteiger partial charge in [-0.1, -0.05) is 260 Å². The third kappa shape index (κ3) is 24.7. The van der Waals surface area contributed by atoms with Crippen LogP contribution >= 0.6 is 11.6 Å². The van der Waals surface area contributed by atoms with Crippen molar-refractivity contribution in [1.82, 2.24) is 50.3 Å². The number of halogens is 1. The van der Waals surface area contributed by atoms with E-state index in [1.165, 1.54) is 19.6 Å². The van der Waals surface area contributed by atoms with E-state index in [9.17, 15) is 9.59 Å². The number of rotatable bonds is 28. The fourth-order valence-electron chi connectivity index (χ4n) is 13.0. The van der Waals surface area contributed by atoms with Crippen molar-refractivity contribution < 1.29 is 48.2 Å². The maximum Gasteiger partial charge on any atom is 0.344 e. The second-order valence-corrected chi connectivity index (χ2v) is 29.1. The molecule has 4 N–H and O–H groups in total. The number of hydrogen-bond acceptors (Lipinski definition) is 16. The number of nitrogens with zero attached hydrogens (tertiary/aromatic N) is 8. The van der Waals surface area contributed by atoms with Gasteiger partial charge in [0.25, 0.3) is 0 Å². The van der Waals surface area contributed by atoms with Crippen LogP contribution in [0.3, 0.4) is 0 Å². The Balaban J connectivity index is 0.000000130. The number of hydrogen-bond donors (Lipinski definition) is 4. The largest absolute Gasteiger partial charge is 0.489 e. The van der Waals surface area contributed by atoms with E-state index in [-0.39, 0.29) is 13.2 Å². The van der Waals surface area contributed by atoms with Gasteiger partial charge in [0.15, 0.2) is 24.4 Å². The lowest BCUT2D eigenvalue weighted by molar-refractivity contribution is -0.144. The second-order valence-electron chi connectivity index (χ2n) is 28.7. The molecule has 6 heterocycles. The predicted octanol–water partition coefficient (Wildman–Crippen LogP) is 23.5. The number of aliphatic carboxylic acids is 2. The molecule has 0 aliphatic heterocycles. The van der Waals surface area contributed by atoms with Crippen LogP contribution < -0.4 is 28.4 Å². The van der Waals surface area contributed by atoms with Crippen molar-refractivity contribution in [3.05, 3.63) is 419 Å². The number of fused-ring (bicyclic) bond motifs is 4. The van der Waals surface area contributed by atoms with E-state index in [0.717, 1.165) is 128 Å². The third-order valence-corrected chi connectivity index (χ3v) is 19.8. The number of pyridine rings is 4. The summed E-state index contributed by atoms with van der Waals surface area (Å²) in [6.07, 6.45) is 18.7. The van der Waals surface area contributed by atoms with E-state index in [4.69, 9.17) is 50.2 Å². The molecule has 20 nitrogen and oxygen atoms in total. The van der Waals surface area contributed by atoms with Crippen molar-refractivity contribution in [2.45, 2.75) is 39.5 Å². The molecule has 6 aromatic heterocycles.